The highest BCUT2D eigenvalue weighted by molar-refractivity contribution is 8.13. The number of anilines is 1. The van der Waals surface area contributed by atoms with Crippen LogP contribution in [0.2, 0.25) is 0 Å². The Hall–Kier alpha value is -2.96. The van der Waals surface area contributed by atoms with Crippen molar-refractivity contribution in [2.45, 2.75) is 18.6 Å². The van der Waals surface area contributed by atoms with Gasteiger partial charge in [0.05, 0.1) is 24.5 Å². The fourth-order valence-corrected chi connectivity index (χ4v) is 4.18. The Bertz CT molecular complexity index is 909. The van der Waals surface area contributed by atoms with Gasteiger partial charge in [0.2, 0.25) is 0 Å². The van der Waals surface area contributed by atoms with E-state index >= 15 is 0 Å². The van der Waals surface area contributed by atoms with E-state index in [0.29, 0.717) is 34.9 Å². The SMILES string of the molecule is C=C/C(C#N)=C\N=CC=O.C[C@H]1OC[C@H]2CSC(N)=N[C@]21c1cc(N)ccc1F. The van der Waals surface area contributed by atoms with Crippen LogP contribution < -0.4 is 11.5 Å². The van der Waals surface area contributed by atoms with Crippen molar-refractivity contribution in [1.82, 2.24) is 0 Å². The lowest BCUT2D eigenvalue weighted by Gasteiger charge is -2.37. The van der Waals surface area contributed by atoms with E-state index in [1.165, 1.54) is 30.1 Å². The highest BCUT2D eigenvalue weighted by Gasteiger charge is 2.54. The Kier molecular flexibility index (Phi) is 7.70. The molecule has 29 heavy (non-hydrogen) atoms. The van der Waals surface area contributed by atoms with E-state index in [1.807, 2.05) is 13.0 Å². The fraction of sp³-hybridized carbons (Fsp3) is 0.300. The first-order chi connectivity index (χ1) is 13.9. The van der Waals surface area contributed by atoms with Crippen LogP contribution in [-0.4, -0.2) is 36.1 Å². The van der Waals surface area contributed by atoms with Gasteiger partial charge in [-0.15, -0.1) is 0 Å². The molecule has 1 aromatic rings. The Morgan fingerprint density at radius 2 is 2.31 bits per heavy atom. The zero-order chi connectivity index (χ0) is 21.4. The average molecular weight is 415 g/mol. The van der Waals surface area contributed by atoms with Crippen LogP contribution in [0, 0.1) is 23.1 Å². The van der Waals surface area contributed by atoms with Crippen LogP contribution in [0.1, 0.15) is 12.5 Å². The van der Waals surface area contributed by atoms with Gasteiger partial charge in [0.1, 0.15) is 17.4 Å². The van der Waals surface area contributed by atoms with Gasteiger partial charge < -0.3 is 16.2 Å². The van der Waals surface area contributed by atoms with Crippen LogP contribution in [0.15, 0.2) is 52.6 Å². The Labute approximate surface area is 173 Å². The molecule has 3 atom stereocenters. The predicted octanol–water partition coefficient (Wildman–Crippen LogP) is 2.55. The van der Waals surface area contributed by atoms with Crippen LogP contribution >= 0.6 is 11.8 Å². The number of hydrogen-bond acceptors (Lipinski definition) is 8. The molecule has 2 aliphatic rings. The second kappa shape index (κ2) is 10.0. The van der Waals surface area contributed by atoms with Crippen molar-refractivity contribution < 1.29 is 13.9 Å². The number of amidine groups is 1. The van der Waals surface area contributed by atoms with E-state index in [0.717, 1.165) is 12.0 Å². The second-order valence-electron chi connectivity index (χ2n) is 6.33. The first kappa shape index (κ1) is 22.3. The minimum atomic E-state index is -0.741. The smallest absolute Gasteiger partial charge is 0.161 e. The molecule has 2 heterocycles. The van der Waals surface area contributed by atoms with Crippen molar-refractivity contribution in [2.24, 2.45) is 21.6 Å². The first-order valence-electron chi connectivity index (χ1n) is 8.73. The maximum atomic E-state index is 14.3. The summed E-state index contributed by atoms with van der Waals surface area (Å²) in [5.74, 6) is 0.601. The molecule has 0 bridgehead atoms. The van der Waals surface area contributed by atoms with Crippen LogP contribution in [-0.2, 0) is 15.1 Å². The van der Waals surface area contributed by atoms with Gasteiger partial charge in [-0.3, -0.25) is 9.79 Å². The van der Waals surface area contributed by atoms with Gasteiger partial charge in [0.25, 0.3) is 0 Å². The molecule has 0 unspecified atom stereocenters. The number of rotatable bonds is 4. The van der Waals surface area contributed by atoms with E-state index in [2.05, 4.69) is 16.6 Å². The number of carbonyl (C=O) groups excluding carboxylic acids is 1. The van der Waals surface area contributed by atoms with Crippen molar-refractivity contribution in [2.75, 3.05) is 18.1 Å². The number of aliphatic imine (C=N–C) groups is 2. The molecule has 0 amide bonds. The summed E-state index contributed by atoms with van der Waals surface area (Å²) in [6.07, 6.45) is 4.01. The molecule has 3 rings (SSSR count). The summed E-state index contributed by atoms with van der Waals surface area (Å²) in [7, 11) is 0. The lowest BCUT2D eigenvalue weighted by molar-refractivity contribution is -0.102. The summed E-state index contributed by atoms with van der Waals surface area (Å²) in [4.78, 5) is 17.7. The lowest BCUT2D eigenvalue weighted by Crippen LogP contribution is -2.44. The van der Waals surface area contributed by atoms with Crippen molar-refractivity contribution in [3.63, 3.8) is 0 Å². The number of nitrogens with zero attached hydrogens (tertiary/aromatic N) is 3. The third kappa shape index (κ3) is 4.91. The topological polar surface area (TPSA) is 127 Å². The maximum absolute atomic E-state index is 14.3. The maximum Gasteiger partial charge on any atom is 0.161 e. The second-order valence-corrected chi connectivity index (χ2v) is 7.37. The molecule has 9 heteroatoms. The number of ether oxygens (including phenoxy) is 1. The largest absolute Gasteiger partial charge is 0.399 e. The summed E-state index contributed by atoms with van der Waals surface area (Å²) in [6, 6.07) is 6.41. The quantitative estimate of drug-likeness (QED) is 0.256. The molecular weight excluding hydrogens is 393 g/mol. The molecule has 4 N–H and O–H groups in total. The highest BCUT2D eigenvalue weighted by Crippen LogP contribution is 2.49. The molecule has 152 valence electrons. The summed E-state index contributed by atoms with van der Waals surface area (Å²) in [5, 5.41) is 8.76. The molecule has 0 radical (unpaired) electrons. The van der Waals surface area contributed by atoms with E-state index in [4.69, 9.17) is 21.5 Å². The molecular formula is C20H22FN5O2S. The summed E-state index contributed by atoms with van der Waals surface area (Å²) in [5.41, 5.74) is 12.3. The molecule has 0 aromatic heterocycles. The van der Waals surface area contributed by atoms with Crippen molar-refractivity contribution in [3.8, 4) is 6.07 Å². The van der Waals surface area contributed by atoms with Crippen LogP contribution in [0.5, 0.6) is 0 Å². The highest BCUT2D eigenvalue weighted by atomic mass is 32.2. The number of aldehydes is 1. The summed E-state index contributed by atoms with van der Waals surface area (Å²) in [6.45, 7) is 5.84. The summed E-state index contributed by atoms with van der Waals surface area (Å²) >= 11 is 1.49. The van der Waals surface area contributed by atoms with Gasteiger partial charge in [-0.1, -0.05) is 24.4 Å². The van der Waals surface area contributed by atoms with E-state index in [-0.39, 0.29) is 17.8 Å². The number of halogens is 1. The van der Waals surface area contributed by atoms with Crippen LogP contribution in [0.25, 0.3) is 0 Å². The number of fused-ring (bicyclic) bond motifs is 1. The monoisotopic (exact) mass is 415 g/mol. The van der Waals surface area contributed by atoms with E-state index < -0.39 is 5.54 Å². The zero-order valence-corrected chi connectivity index (χ0v) is 16.7. The van der Waals surface area contributed by atoms with Gasteiger partial charge >= 0.3 is 0 Å². The molecule has 1 fully saturated rings. The van der Waals surface area contributed by atoms with Gasteiger partial charge in [0, 0.05) is 29.1 Å². The minimum absolute atomic E-state index is 0.121. The summed E-state index contributed by atoms with van der Waals surface area (Å²) < 4.78 is 20.0. The van der Waals surface area contributed by atoms with Crippen LogP contribution in [0.4, 0.5) is 10.1 Å². The standard InChI is InChI=1S/C13H16FN3OS.C7H6N2O/c1-7-13(10-4-9(15)2-3-11(10)14)8(5-18-7)6-19-12(16)17-13;1-2-7(5-8)6-9-3-4-10/h2-4,7-8H,5-6,15H2,1H3,(H2,16,17);2-4,6H,1H2/b;7-6+,9-3?/t7-,8+,13+;/m1./s1. The number of nitrogen functional groups attached to an aromatic ring is 1. The first-order valence-corrected chi connectivity index (χ1v) is 9.72. The van der Waals surface area contributed by atoms with Crippen molar-refractivity contribution >= 4 is 35.1 Å². The molecule has 1 aromatic carbocycles. The lowest BCUT2D eigenvalue weighted by atomic mass is 9.77. The van der Waals surface area contributed by atoms with E-state index in [1.54, 1.807) is 12.1 Å². The normalized spacial score (nSPS) is 26.0. The molecule has 0 saturated carbocycles. The molecule has 0 spiro atoms. The Morgan fingerprint density at radius 3 is 2.97 bits per heavy atom. The van der Waals surface area contributed by atoms with Crippen LogP contribution in [0.3, 0.4) is 0 Å². The Morgan fingerprint density at radius 1 is 1.55 bits per heavy atom. The number of benzene rings is 1. The number of hydrogen-bond donors (Lipinski definition) is 2. The third-order valence-electron chi connectivity index (χ3n) is 4.65. The van der Waals surface area contributed by atoms with Gasteiger partial charge in [-0.2, -0.15) is 5.26 Å². The third-order valence-corrected chi connectivity index (χ3v) is 5.60. The average Bonchev–Trinajstić information content (AvgIpc) is 3.04. The predicted molar refractivity (Wildman–Crippen MR) is 114 cm³/mol. The van der Waals surface area contributed by atoms with E-state index in [9.17, 15) is 9.18 Å². The molecule has 7 nitrogen and oxygen atoms in total. The molecule has 1 saturated heterocycles. The van der Waals surface area contributed by atoms with Gasteiger partial charge in [0.15, 0.2) is 11.5 Å². The minimum Gasteiger partial charge on any atom is -0.399 e. The molecule has 2 aliphatic heterocycles. The van der Waals surface area contributed by atoms with Crippen molar-refractivity contribution in [3.05, 3.63) is 54.0 Å². The number of allylic oxidation sites excluding steroid dienone is 2. The van der Waals surface area contributed by atoms with Crippen molar-refractivity contribution in [1.29, 1.82) is 5.26 Å². The number of nitrogens with two attached hydrogens (primary N) is 2. The zero-order valence-electron chi connectivity index (χ0n) is 15.9. The van der Waals surface area contributed by atoms with Gasteiger partial charge in [-0.05, 0) is 25.1 Å². The molecule has 0 aliphatic carbocycles. The van der Waals surface area contributed by atoms with Gasteiger partial charge in [-0.25, -0.2) is 9.38 Å². The Balaban J connectivity index is 0.000000257. The fourth-order valence-electron chi connectivity index (χ4n) is 3.24. The number of carbonyl (C=O) groups is 1. The number of thioether (sulfide) groups is 1. The number of nitriles is 1.